The van der Waals surface area contributed by atoms with Gasteiger partial charge >= 0.3 is 0 Å². The first-order valence-electron chi connectivity index (χ1n) is 10.1. The third-order valence-corrected chi connectivity index (χ3v) is 6.10. The Balaban J connectivity index is 1.67. The molecular formula is C24H26N2O6S. The van der Waals surface area contributed by atoms with Gasteiger partial charge in [0, 0.05) is 11.4 Å². The topological polar surface area (TPSA) is 103 Å². The van der Waals surface area contributed by atoms with Crippen molar-refractivity contribution in [3.8, 4) is 17.2 Å². The van der Waals surface area contributed by atoms with Gasteiger partial charge in [0.1, 0.15) is 22.1 Å². The van der Waals surface area contributed by atoms with Gasteiger partial charge in [-0.3, -0.25) is 9.52 Å². The average molecular weight is 471 g/mol. The van der Waals surface area contributed by atoms with Crippen LogP contribution in [0.1, 0.15) is 12.0 Å². The summed E-state index contributed by atoms with van der Waals surface area (Å²) in [7, 11) is -1.08. The quantitative estimate of drug-likeness (QED) is 0.460. The Bertz CT molecular complexity index is 1190. The smallest absolute Gasteiger partial charge is 0.265 e. The number of rotatable bonds is 10. The van der Waals surface area contributed by atoms with Crippen LogP contribution in [-0.2, 0) is 14.8 Å². The molecule has 0 aliphatic carbocycles. The molecule has 0 aromatic heterocycles. The van der Waals surface area contributed by atoms with Crippen molar-refractivity contribution >= 4 is 27.3 Å². The first kappa shape index (κ1) is 23.9. The van der Waals surface area contributed by atoms with E-state index < -0.39 is 10.0 Å². The molecule has 0 aliphatic rings. The van der Waals surface area contributed by atoms with Gasteiger partial charge in [0.2, 0.25) is 5.91 Å². The first-order chi connectivity index (χ1) is 15.8. The summed E-state index contributed by atoms with van der Waals surface area (Å²) >= 11 is 0. The number of nitrogens with one attached hydrogen (secondary N) is 2. The minimum absolute atomic E-state index is 0.102. The lowest BCUT2D eigenvalue weighted by Crippen LogP contribution is -2.17. The Kier molecular flexibility index (Phi) is 7.78. The highest BCUT2D eigenvalue weighted by Gasteiger charge is 2.21. The number of carbonyl (C=O) groups excluding carboxylic acids is 1. The van der Waals surface area contributed by atoms with Gasteiger partial charge in [-0.2, -0.15) is 0 Å². The summed E-state index contributed by atoms with van der Waals surface area (Å²) in [5, 5.41) is 2.70. The van der Waals surface area contributed by atoms with Crippen LogP contribution in [-0.4, -0.2) is 35.2 Å². The fourth-order valence-corrected chi connectivity index (χ4v) is 4.21. The third kappa shape index (κ3) is 6.63. The van der Waals surface area contributed by atoms with E-state index in [0.717, 1.165) is 5.56 Å². The molecule has 0 saturated heterocycles. The molecule has 8 nitrogen and oxygen atoms in total. The molecule has 0 heterocycles. The van der Waals surface area contributed by atoms with Gasteiger partial charge in [-0.25, -0.2) is 8.42 Å². The van der Waals surface area contributed by atoms with Crippen molar-refractivity contribution in [2.24, 2.45) is 0 Å². The van der Waals surface area contributed by atoms with E-state index in [1.807, 2.05) is 31.2 Å². The second kappa shape index (κ2) is 10.7. The van der Waals surface area contributed by atoms with E-state index in [0.29, 0.717) is 22.9 Å². The van der Waals surface area contributed by atoms with Crippen LogP contribution in [0.3, 0.4) is 0 Å². The summed E-state index contributed by atoms with van der Waals surface area (Å²) in [6.07, 6.45) is 0.103. The SMILES string of the molecule is COc1ccc(NS(=O)(=O)c2cc(NC(=O)CCOc3ccc(C)cc3)ccc2OC)cc1. The number of aryl methyl sites for hydroxylation is 1. The highest BCUT2D eigenvalue weighted by Crippen LogP contribution is 2.29. The summed E-state index contributed by atoms with van der Waals surface area (Å²) in [6.45, 7) is 2.17. The molecule has 0 unspecified atom stereocenters. The molecule has 3 rings (SSSR count). The zero-order chi connectivity index (χ0) is 23.8. The van der Waals surface area contributed by atoms with Crippen LogP contribution in [0.2, 0.25) is 0 Å². The molecule has 0 spiro atoms. The van der Waals surface area contributed by atoms with E-state index in [-0.39, 0.29) is 29.6 Å². The molecule has 0 aliphatic heterocycles. The van der Waals surface area contributed by atoms with Gasteiger partial charge in [0.25, 0.3) is 10.0 Å². The highest BCUT2D eigenvalue weighted by atomic mass is 32.2. The van der Waals surface area contributed by atoms with E-state index in [4.69, 9.17) is 14.2 Å². The zero-order valence-corrected chi connectivity index (χ0v) is 19.4. The van der Waals surface area contributed by atoms with E-state index in [2.05, 4.69) is 10.0 Å². The number of ether oxygens (including phenoxy) is 3. The summed E-state index contributed by atoms with van der Waals surface area (Å²) < 4.78 is 44.3. The van der Waals surface area contributed by atoms with Crippen LogP contribution in [0.15, 0.2) is 71.6 Å². The van der Waals surface area contributed by atoms with Crippen LogP contribution >= 0.6 is 0 Å². The van der Waals surface area contributed by atoms with Crippen molar-refractivity contribution in [2.75, 3.05) is 30.9 Å². The van der Waals surface area contributed by atoms with Gasteiger partial charge in [-0.05, 0) is 61.5 Å². The lowest BCUT2D eigenvalue weighted by molar-refractivity contribution is -0.116. The molecule has 3 aromatic rings. The van der Waals surface area contributed by atoms with Crippen LogP contribution in [0.5, 0.6) is 17.2 Å². The number of amides is 1. The number of anilines is 2. The summed E-state index contributed by atoms with van der Waals surface area (Å²) in [6, 6.07) is 18.4. The first-order valence-corrected chi connectivity index (χ1v) is 11.6. The third-order valence-electron chi connectivity index (χ3n) is 4.70. The molecule has 0 bridgehead atoms. The molecule has 0 radical (unpaired) electrons. The minimum atomic E-state index is -3.98. The molecular weight excluding hydrogens is 444 g/mol. The lowest BCUT2D eigenvalue weighted by atomic mass is 10.2. The van der Waals surface area contributed by atoms with Gasteiger partial charge in [-0.15, -0.1) is 0 Å². The predicted molar refractivity (Wildman–Crippen MR) is 127 cm³/mol. The van der Waals surface area contributed by atoms with E-state index in [9.17, 15) is 13.2 Å². The van der Waals surface area contributed by atoms with E-state index >= 15 is 0 Å². The van der Waals surface area contributed by atoms with Crippen LogP contribution in [0, 0.1) is 6.92 Å². The van der Waals surface area contributed by atoms with Crippen molar-refractivity contribution in [3.05, 3.63) is 72.3 Å². The van der Waals surface area contributed by atoms with E-state index in [1.54, 1.807) is 30.3 Å². The van der Waals surface area contributed by atoms with Crippen LogP contribution < -0.4 is 24.2 Å². The monoisotopic (exact) mass is 470 g/mol. The fraction of sp³-hybridized carbons (Fsp3) is 0.208. The molecule has 3 aromatic carbocycles. The van der Waals surface area contributed by atoms with Gasteiger partial charge in [0.15, 0.2) is 0 Å². The van der Waals surface area contributed by atoms with Gasteiger partial charge in [-0.1, -0.05) is 17.7 Å². The number of carbonyl (C=O) groups is 1. The van der Waals surface area contributed by atoms with Crippen molar-refractivity contribution in [1.82, 2.24) is 0 Å². The highest BCUT2D eigenvalue weighted by molar-refractivity contribution is 7.92. The number of hydrogen-bond donors (Lipinski definition) is 2. The largest absolute Gasteiger partial charge is 0.497 e. The Morgan fingerprint density at radius 3 is 2.12 bits per heavy atom. The molecule has 9 heteroatoms. The summed E-state index contributed by atoms with van der Waals surface area (Å²) in [4.78, 5) is 12.2. The molecule has 174 valence electrons. The standard InChI is InChI=1S/C24H26N2O6S/c1-17-4-9-21(10-5-17)32-15-14-24(27)25-19-8-13-22(31-3)23(16-19)33(28,29)26-18-6-11-20(30-2)12-7-18/h4-13,16,26H,14-15H2,1-3H3,(H,25,27). The lowest BCUT2D eigenvalue weighted by Gasteiger charge is -2.14. The van der Waals surface area contributed by atoms with Crippen molar-refractivity contribution in [3.63, 3.8) is 0 Å². The Hall–Kier alpha value is -3.72. The second-order valence-electron chi connectivity index (χ2n) is 7.16. The summed E-state index contributed by atoms with van der Waals surface area (Å²) in [5.74, 6) is 1.12. The maximum Gasteiger partial charge on any atom is 0.265 e. The molecule has 2 N–H and O–H groups in total. The van der Waals surface area contributed by atoms with Gasteiger partial charge < -0.3 is 19.5 Å². The molecule has 1 amide bonds. The van der Waals surface area contributed by atoms with Crippen LogP contribution in [0.4, 0.5) is 11.4 Å². The van der Waals surface area contributed by atoms with Gasteiger partial charge in [0.05, 0.1) is 27.2 Å². The maximum atomic E-state index is 13.0. The Morgan fingerprint density at radius 1 is 0.848 bits per heavy atom. The molecule has 33 heavy (non-hydrogen) atoms. The van der Waals surface area contributed by atoms with Crippen molar-refractivity contribution in [1.29, 1.82) is 0 Å². The fourth-order valence-electron chi connectivity index (χ4n) is 2.95. The minimum Gasteiger partial charge on any atom is -0.497 e. The number of benzene rings is 3. The zero-order valence-electron chi connectivity index (χ0n) is 18.6. The number of methoxy groups -OCH3 is 2. The predicted octanol–water partition coefficient (Wildman–Crippen LogP) is 4.22. The Morgan fingerprint density at radius 2 is 1.48 bits per heavy atom. The second-order valence-corrected chi connectivity index (χ2v) is 8.81. The molecule has 0 fully saturated rings. The number of sulfonamides is 1. The molecule has 0 saturated carbocycles. The van der Waals surface area contributed by atoms with Crippen molar-refractivity contribution < 1.29 is 27.4 Å². The van der Waals surface area contributed by atoms with Crippen molar-refractivity contribution in [2.45, 2.75) is 18.2 Å². The molecule has 0 atom stereocenters. The van der Waals surface area contributed by atoms with E-state index in [1.165, 1.54) is 26.4 Å². The average Bonchev–Trinajstić information content (AvgIpc) is 2.80. The normalized spacial score (nSPS) is 10.9. The Labute approximate surface area is 193 Å². The van der Waals surface area contributed by atoms with Crippen LogP contribution in [0.25, 0.3) is 0 Å². The maximum absolute atomic E-state index is 13.0. The number of hydrogen-bond acceptors (Lipinski definition) is 6. The summed E-state index contributed by atoms with van der Waals surface area (Å²) in [5.41, 5.74) is 1.80.